The smallest absolute Gasteiger partial charge is 0.159 e. The van der Waals surface area contributed by atoms with Crippen LogP contribution in [0.1, 0.15) is 6.42 Å². The van der Waals surface area contributed by atoms with E-state index in [0.29, 0.717) is 17.3 Å². The fourth-order valence-corrected chi connectivity index (χ4v) is 2.78. The lowest BCUT2D eigenvalue weighted by Gasteiger charge is -2.26. The van der Waals surface area contributed by atoms with Crippen LogP contribution in [0.2, 0.25) is 0 Å². The number of rotatable bonds is 8. The van der Waals surface area contributed by atoms with Gasteiger partial charge >= 0.3 is 0 Å². The molecule has 1 aliphatic rings. The van der Waals surface area contributed by atoms with E-state index in [9.17, 15) is 0 Å². The SMILES string of the molecule is COc1ccc(Nc2ncnc(NCCCN3CCOCC3)c2N)cc1. The lowest BCUT2D eigenvalue weighted by Crippen LogP contribution is -2.37. The van der Waals surface area contributed by atoms with Crippen molar-refractivity contribution in [1.29, 1.82) is 0 Å². The Kier molecular flexibility index (Phi) is 6.45. The van der Waals surface area contributed by atoms with Crippen molar-refractivity contribution in [2.75, 3.05) is 62.9 Å². The molecule has 0 amide bonds. The molecule has 8 nitrogen and oxygen atoms in total. The first-order valence-electron chi connectivity index (χ1n) is 8.82. The predicted molar refractivity (Wildman–Crippen MR) is 103 cm³/mol. The summed E-state index contributed by atoms with van der Waals surface area (Å²) in [6.07, 6.45) is 2.53. The summed E-state index contributed by atoms with van der Waals surface area (Å²) in [6.45, 7) is 5.51. The molecule has 2 heterocycles. The van der Waals surface area contributed by atoms with Crippen LogP contribution < -0.4 is 21.1 Å². The van der Waals surface area contributed by atoms with Crippen molar-refractivity contribution < 1.29 is 9.47 Å². The molecule has 1 aliphatic heterocycles. The standard InChI is InChI=1S/C18H26N6O2/c1-25-15-5-3-14(4-6-15)23-18-16(19)17(21-13-22-18)20-7-2-8-24-9-11-26-12-10-24/h3-6,13H,2,7-12,19H2,1H3,(H2,20,21,22,23). The van der Waals surface area contributed by atoms with Gasteiger partial charge in [0.2, 0.25) is 0 Å². The van der Waals surface area contributed by atoms with Gasteiger partial charge in [-0.3, -0.25) is 4.90 Å². The summed E-state index contributed by atoms with van der Waals surface area (Å²) in [7, 11) is 1.64. The minimum absolute atomic E-state index is 0.509. The number of nitrogens with zero attached hydrogens (tertiary/aromatic N) is 3. The maximum absolute atomic E-state index is 6.21. The molecule has 0 radical (unpaired) electrons. The summed E-state index contributed by atoms with van der Waals surface area (Å²) in [4.78, 5) is 10.9. The van der Waals surface area contributed by atoms with E-state index >= 15 is 0 Å². The Labute approximate surface area is 153 Å². The van der Waals surface area contributed by atoms with Gasteiger partial charge in [0.15, 0.2) is 11.6 Å². The van der Waals surface area contributed by atoms with Crippen molar-refractivity contribution in [3.05, 3.63) is 30.6 Å². The van der Waals surface area contributed by atoms with Gasteiger partial charge in [0, 0.05) is 25.3 Å². The minimum Gasteiger partial charge on any atom is -0.497 e. The van der Waals surface area contributed by atoms with Crippen LogP contribution in [0.3, 0.4) is 0 Å². The molecule has 0 atom stereocenters. The molecule has 0 saturated carbocycles. The van der Waals surface area contributed by atoms with E-state index in [-0.39, 0.29) is 0 Å². The molecule has 0 spiro atoms. The molecular formula is C18H26N6O2. The molecule has 0 unspecified atom stereocenters. The molecule has 26 heavy (non-hydrogen) atoms. The van der Waals surface area contributed by atoms with Crippen LogP contribution in [0.4, 0.5) is 23.0 Å². The first kappa shape index (κ1) is 18.2. The molecule has 0 bridgehead atoms. The van der Waals surface area contributed by atoms with E-state index in [1.165, 1.54) is 6.33 Å². The van der Waals surface area contributed by atoms with Gasteiger partial charge in [-0.25, -0.2) is 9.97 Å². The van der Waals surface area contributed by atoms with Crippen molar-refractivity contribution in [3.8, 4) is 5.75 Å². The molecule has 0 aliphatic carbocycles. The van der Waals surface area contributed by atoms with Gasteiger partial charge in [-0.2, -0.15) is 0 Å². The topological polar surface area (TPSA) is 97.6 Å². The molecule has 140 valence electrons. The Balaban J connectivity index is 1.52. The molecule has 4 N–H and O–H groups in total. The minimum atomic E-state index is 0.509. The number of morpholine rings is 1. The van der Waals surface area contributed by atoms with Crippen LogP contribution in [0.15, 0.2) is 30.6 Å². The monoisotopic (exact) mass is 358 g/mol. The third-order valence-corrected chi connectivity index (χ3v) is 4.28. The summed E-state index contributed by atoms with van der Waals surface area (Å²) in [6, 6.07) is 7.58. The zero-order chi connectivity index (χ0) is 18.2. The van der Waals surface area contributed by atoms with Crippen molar-refractivity contribution in [1.82, 2.24) is 14.9 Å². The zero-order valence-corrected chi connectivity index (χ0v) is 15.1. The number of anilines is 4. The van der Waals surface area contributed by atoms with Crippen LogP contribution in [0.5, 0.6) is 5.75 Å². The highest BCUT2D eigenvalue weighted by molar-refractivity contribution is 5.77. The molecule has 1 saturated heterocycles. The molecule has 1 aromatic carbocycles. The van der Waals surface area contributed by atoms with Crippen molar-refractivity contribution in [2.45, 2.75) is 6.42 Å². The number of hydrogen-bond donors (Lipinski definition) is 3. The van der Waals surface area contributed by atoms with Gasteiger partial charge in [-0.1, -0.05) is 0 Å². The maximum Gasteiger partial charge on any atom is 0.159 e. The highest BCUT2D eigenvalue weighted by Gasteiger charge is 2.11. The molecule has 1 fully saturated rings. The van der Waals surface area contributed by atoms with Crippen molar-refractivity contribution >= 4 is 23.0 Å². The van der Waals surface area contributed by atoms with Gasteiger partial charge in [0.25, 0.3) is 0 Å². The van der Waals surface area contributed by atoms with Crippen molar-refractivity contribution in [3.63, 3.8) is 0 Å². The number of nitrogens with one attached hydrogen (secondary N) is 2. The van der Waals surface area contributed by atoms with E-state index in [4.69, 9.17) is 15.2 Å². The lowest BCUT2D eigenvalue weighted by atomic mass is 10.3. The Bertz CT molecular complexity index is 689. The number of benzene rings is 1. The molecule has 3 rings (SSSR count). The molecule has 1 aromatic heterocycles. The zero-order valence-electron chi connectivity index (χ0n) is 15.1. The van der Waals surface area contributed by atoms with Crippen LogP contribution in [-0.2, 0) is 4.74 Å². The summed E-state index contributed by atoms with van der Waals surface area (Å²) in [5, 5.41) is 6.52. The summed E-state index contributed by atoms with van der Waals surface area (Å²) in [5.74, 6) is 2.03. The Morgan fingerprint density at radius 2 is 1.88 bits per heavy atom. The fourth-order valence-electron chi connectivity index (χ4n) is 2.78. The first-order valence-corrected chi connectivity index (χ1v) is 8.82. The molecular weight excluding hydrogens is 332 g/mol. The number of ether oxygens (including phenoxy) is 2. The second kappa shape index (κ2) is 9.21. The summed E-state index contributed by atoms with van der Waals surface area (Å²) < 4.78 is 10.5. The van der Waals surface area contributed by atoms with Crippen LogP contribution in [0.25, 0.3) is 0 Å². The number of methoxy groups -OCH3 is 1. The van der Waals surface area contributed by atoms with E-state index in [1.54, 1.807) is 7.11 Å². The van der Waals surface area contributed by atoms with Crippen LogP contribution in [-0.4, -0.2) is 61.4 Å². The Morgan fingerprint density at radius 1 is 1.15 bits per heavy atom. The van der Waals surface area contributed by atoms with E-state index in [0.717, 1.165) is 57.3 Å². The van der Waals surface area contributed by atoms with E-state index in [1.807, 2.05) is 24.3 Å². The predicted octanol–water partition coefficient (Wildman–Crippen LogP) is 1.95. The largest absolute Gasteiger partial charge is 0.497 e. The second-order valence-corrected chi connectivity index (χ2v) is 6.07. The Hall–Kier alpha value is -2.58. The van der Waals surface area contributed by atoms with Gasteiger partial charge < -0.3 is 25.8 Å². The van der Waals surface area contributed by atoms with Gasteiger partial charge in [0.05, 0.1) is 20.3 Å². The van der Waals surface area contributed by atoms with E-state index < -0.39 is 0 Å². The second-order valence-electron chi connectivity index (χ2n) is 6.07. The normalized spacial score (nSPS) is 14.8. The quantitative estimate of drug-likeness (QED) is 0.616. The highest BCUT2D eigenvalue weighted by atomic mass is 16.5. The van der Waals surface area contributed by atoms with Crippen LogP contribution in [0, 0.1) is 0 Å². The van der Waals surface area contributed by atoms with Gasteiger partial charge in [0.1, 0.15) is 17.8 Å². The fraction of sp³-hybridized carbons (Fsp3) is 0.444. The highest BCUT2D eigenvalue weighted by Crippen LogP contribution is 2.26. The molecule has 8 heteroatoms. The summed E-state index contributed by atoms with van der Waals surface area (Å²) >= 11 is 0. The maximum atomic E-state index is 6.21. The van der Waals surface area contributed by atoms with Crippen LogP contribution >= 0.6 is 0 Å². The molecule has 2 aromatic rings. The average molecular weight is 358 g/mol. The van der Waals surface area contributed by atoms with E-state index in [2.05, 4.69) is 25.5 Å². The average Bonchev–Trinajstić information content (AvgIpc) is 2.69. The number of nitrogens with two attached hydrogens (primary N) is 1. The third-order valence-electron chi connectivity index (χ3n) is 4.28. The number of hydrogen-bond acceptors (Lipinski definition) is 8. The van der Waals surface area contributed by atoms with Gasteiger partial charge in [-0.05, 0) is 37.2 Å². The number of nitrogen functional groups attached to an aromatic ring is 1. The number of aromatic nitrogens is 2. The van der Waals surface area contributed by atoms with Crippen molar-refractivity contribution in [2.24, 2.45) is 0 Å². The van der Waals surface area contributed by atoms with Gasteiger partial charge in [-0.15, -0.1) is 0 Å². The summed E-state index contributed by atoms with van der Waals surface area (Å²) in [5.41, 5.74) is 7.60. The third kappa shape index (κ3) is 4.96. The first-order chi connectivity index (χ1) is 12.8. The Morgan fingerprint density at radius 3 is 2.62 bits per heavy atom. The lowest BCUT2D eigenvalue weighted by molar-refractivity contribution is 0.0378.